The van der Waals surface area contributed by atoms with E-state index in [9.17, 15) is 0 Å². The minimum atomic E-state index is 0.643. The first-order chi connectivity index (χ1) is 9.76. The van der Waals surface area contributed by atoms with Gasteiger partial charge in [-0.05, 0) is 48.9 Å². The Hall–Kier alpha value is -1.04. The van der Waals surface area contributed by atoms with Crippen LogP contribution in [0.15, 0.2) is 18.2 Å². The Kier molecular flexibility index (Phi) is 4.29. The second-order valence-electron chi connectivity index (χ2n) is 6.25. The third-order valence-electron chi connectivity index (χ3n) is 4.95. The third-order valence-corrected chi connectivity index (χ3v) is 5.30. The fourth-order valence-corrected chi connectivity index (χ4v) is 4.05. The lowest BCUT2D eigenvalue weighted by Crippen LogP contribution is -2.41. The Morgan fingerprint density at radius 3 is 2.75 bits per heavy atom. The Bertz CT molecular complexity index is 520. The van der Waals surface area contributed by atoms with Crippen molar-refractivity contribution in [1.82, 2.24) is 4.90 Å². The SMILES string of the molecule is N#Cc1ccc(CN2CCC3CCCCC3C2)c(Cl)c1. The fourth-order valence-electron chi connectivity index (χ4n) is 3.81. The molecule has 1 saturated carbocycles. The maximum atomic E-state index is 8.88. The van der Waals surface area contributed by atoms with Crippen LogP contribution < -0.4 is 0 Å². The molecule has 2 unspecified atom stereocenters. The normalized spacial score (nSPS) is 26.8. The van der Waals surface area contributed by atoms with Gasteiger partial charge in [0.15, 0.2) is 0 Å². The highest BCUT2D eigenvalue weighted by molar-refractivity contribution is 6.31. The minimum absolute atomic E-state index is 0.643. The molecule has 106 valence electrons. The van der Waals surface area contributed by atoms with Gasteiger partial charge in [0.05, 0.1) is 11.6 Å². The summed E-state index contributed by atoms with van der Waals surface area (Å²) in [6.07, 6.45) is 7.03. The molecular weight excluding hydrogens is 268 g/mol. The first-order valence-electron chi connectivity index (χ1n) is 7.67. The van der Waals surface area contributed by atoms with Gasteiger partial charge in [0, 0.05) is 18.1 Å². The van der Waals surface area contributed by atoms with E-state index >= 15 is 0 Å². The first-order valence-corrected chi connectivity index (χ1v) is 8.05. The highest BCUT2D eigenvalue weighted by atomic mass is 35.5. The van der Waals surface area contributed by atoms with Crippen molar-refractivity contribution in [3.05, 3.63) is 34.3 Å². The van der Waals surface area contributed by atoms with Crippen molar-refractivity contribution in [2.24, 2.45) is 11.8 Å². The van der Waals surface area contributed by atoms with Crippen LogP contribution in [0, 0.1) is 23.2 Å². The van der Waals surface area contributed by atoms with Gasteiger partial charge in [-0.2, -0.15) is 5.26 Å². The maximum Gasteiger partial charge on any atom is 0.0992 e. The molecule has 3 rings (SSSR count). The maximum absolute atomic E-state index is 8.88. The molecule has 1 aliphatic carbocycles. The molecule has 1 aliphatic heterocycles. The number of hydrogen-bond donors (Lipinski definition) is 0. The van der Waals surface area contributed by atoms with Gasteiger partial charge in [0.1, 0.15) is 0 Å². The van der Waals surface area contributed by atoms with Gasteiger partial charge in [-0.25, -0.2) is 0 Å². The average molecular weight is 289 g/mol. The molecule has 1 aromatic rings. The van der Waals surface area contributed by atoms with Crippen LogP contribution in [-0.2, 0) is 6.54 Å². The van der Waals surface area contributed by atoms with Gasteiger partial charge in [0.2, 0.25) is 0 Å². The predicted octanol–water partition coefficient (Wildman–Crippen LogP) is 4.22. The van der Waals surface area contributed by atoms with Crippen LogP contribution in [0.5, 0.6) is 0 Å². The van der Waals surface area contributed by atoms with Crippen LogP contribution in [0.1, 0.15) is 43.2 Å². The second kappa shape index (κ2) is 6.16. The standard InChI is InChI=1S/C17H21ClN2/c18-17-9-13(10-19)5-6-16(17)12-20-8-7-14-3-1-2-4-15(14)11-20/h5-6,9,14-15H,1-4,7-8,11-12H2. The van der Waals surface area contributed by atoms with Crippen molar-refractivity contribution >= 4 is 11.6 Å². The number of benzene rings is 1. The molecule has 0 amide bonds. The summed E-state index contributed by atoms with van der Waals surface area (Å²) in [6.45, 7) is 3.34. The molecule has 2 nitrogen and oxygen atoms in total. The van der Waals surface area contributed by atoms with E-state index in [0.717, 1.165) is 29.0 Å². The number of likely N-dealkylation sites (tertiary alicyclic amines) is 1. The second-order valence-corrected chi connectivity index (χ2v) is 6.65. The average Bonchev–Trinajstić information content (AvgIpc) is 2.49. The van der Waals surface area contributed by atoms with Crippen molar-refractivity contribution < 1.29 is 0 Å². The van der Waals surface area contributed by atoms with Crippen LogP contribution in [-0.4, -0.2) is 18.0 Å². The van der Waals surface area contributed by atoms with Crippen LogP contribution in [0.2, 0.25) is 5.02 Å². The van der Waals surface area contributed by atoms with Gasteiger partial charge >= 0.3 is 0 Å². The third kappa shape index (κ3) is 3.00. The molecule has 0 N–H and O–H groups in total. The van der Waals surface area contributed by atoms with Crippen LogP contribution in [0.25, 0.3) is 0 Å². The zero-order chi connectivity index (χ0) is 13.9. The number of fused-ring (bicyclic) bond motifs is 1. The number of piperidine rings is 1. The van der Waals surface area contributed by atoms with E-state index in [4.69, 9.17) is 16.9 Å². The molecule has 0 aromatic heterocycles. The number of hydrogen-bond acceptors (Lipinski definition) is 2. The van der Waals surface area contributed by atoms with Crippen molar-refractivity contribution in [2.45, 2.75) is 38.6 Å². The number of rotatable bonds is 2. The van der Waals surface area contributed by atoms with Crippen LogP contribution in [0.3, 0.4) is 0 Å². The van der Waals surface area contributed by atoms with Crippen molar-refractivity contribution in [3.63, 3.8) is 0 Å². The lowest BCUT2D eigenvalue weighted by molar-refractivity contribution is 0.0821. The molecule has 0 spiro atoms. The van der Waals surface area contributed by atoms with Gasteiger partial charge in [-0.3, -0.25) is 4.90 Å². The van der Waals surface area contributed by atoms with Gasteiger partial charge in [-0.1, -0.05) is 36.9 Å². The minimum Gasteiger partial charge on any atom is -0.299 e. The molecule has 20 heavy (non-hydrogen) atoms. The van der Waals surface area contributed by atoms with Gasteiger partial charge in [0.25, 0.3) is 0 Å². The molecule has 3 heteroatoms. The zero-order valence-corrected chi connectivity index (χ0v) is 12.6. The molecule has 1 saturated heterocycles. The van der Waals surface area contributed by atoms with E-state index in [1.165, 1.54) is 45.2 Å². The summed E-state index contributed by atoms with van der Waals surface area (Å²) in [5.41, 5.74) is 1.80. The van der Waals surface area contributed by atoms with Crippen molar-refractivity contribution in [3.8, 4) is 6.07 Å². The quantitative estimate of drug-likeness (QED) is 0.814. The van der Waals surface area contributed by atoms with Crippen LogP contribution >= 0.6 is 11.6 Å². The number of nitriles is 1. The Balaban J connectivity index is 1.65. The molecule has 0 bridgehead atoms. The lowest BCUT2D eigenvalue weighted by atomic mass is 9.75. The summed E-state index contributed by atoms with van der Waals surface area (Å²) in [7, 11) is 0. The Labute approximate surface area is 126 Å². The lowest BCUT2D eigenvalue weighted by Gasteiger charge is -2.41. The van der Waals surface area contributed by atoms with E-state index in [-0.39, 0.29) is 0 Å². The molecule has 1 aromatic carbocycles. The summed E-state index contributed by atoms with van der Waals surface area (Å²) in [6, 6.07) is 7.80. The van der Waals surface area contributed by atoms with E-state index in [2.05, 4.69) is 11.0 Å². The van der Waals surface area contributed by atoms with Gasteiger partial charge < -0.3 is 0 Å². The first kappa shape index (κ1) is 13.9. The van der Waals surface area contributed by atoms with Crippen molar-refractivity contribution in [2.75, 3.05) is 13.1 Å². The molecular formula is C17H21ClN2. The largest absolute Gasteiger partial charge is 0.299 e. The van der Waals surface area contributed by atoms with E-state index < -0.39 is 0 Å². The van der Waals surface area contributed by atoms with E-state index in [1.54, 1.807) is 6.07 Å². The van der Waals surface area contributed by atoms with Gasteiger partial charge in [-0.15, -0.1) is 0 Å². The predicted molar refractivity (Wildman–Crippen MR) is 81.5 cm³/mol. The molecule has 2 fully saturated rings. The Morgan fingerprint density at radius 2 is 2.00 bits per heavy atom. The summed E-state index contributed by atoms with van der Waals surface area (Å²) in [4.78, 5) is 2.54. The highest BCUT2D eigenvalue weighted by Gasteiger charge is 2.31. The summed E-state index contributed by atoms with van der Waals surface area (Å²) in [5.74, 6) is 1.87. The monoisotopic (exact) mass is 288 g/mol. The molecule has 2 atom stereocenters. The number of nitrogens with zero attached hydrogens (tertiary/aromatic N) is 2. The summed E-state index contributed by atoms with van der Waals surface area (Å²) < 4.78 is 0. The smallest absolute Gasteiger partial charge is 0.0992 e. The number of halogens is 1. The zero-order valence-electron chi connectivity index (χ0n) is 11.8. The van der Waals surface area contributed by atoms with Crippen LogP contribution in [0.4, 0.5) is 0 Å². The van der Waals surface area contributed by atoms with Crippen molar-refractivity contribution in [1.29, 1.82) is 5.26 Å². The Morgan fingerprint density at radius 1 is 1.20 bits per heavy atom. The summed E-state index contributed by atoms with van der Waals surface area (Å²) in [5, 5.41) is 9.62. The highest BCUT2D eigenvalue weighted by Crippen LogP contribution is 2.36. The molecule has 2 aliphatic rings. The van der Waals surface area contributed by atoms with E-state index in [0.29, 0.717) is 5.56 Å². The fraction of sp³-hybridized carbons (Fsp3) is 0.588. The summed E-state index contributed by atoms with van der Waals surface area (Å²) >= 11 is 6.29. The van der Waals surface area contributed by atoms with E-state index in [1.807, 2.05) is 12.1 Å². The molecule has 0 radical (unpaired) electrons. The molecule has 1 heterocycles. The topological polar surface area (TPSA) is 27.0 Å².